The predicted octanol–water partition coefficient (Wildman–Crippen LogP) is 0.942. The lowest BCUT2D eigenvalue weighted by molar-refractivity contribution is -0.141. The molecule has 14 heavy (non-hydrogen) atoms. The van der Waals surface area contributed by atoms with Crippen molar-refractivity contribution in [2.45, 2.75) is 38.7 Å². The Hall–Kier alpha value is -0.700. The molecule has 2 unspecified atom stereocenters. The van der Waals surface area contributed by atoms with Crippen molar-refractivity contribution < 1.29 is 14.7 Å². The van der Waals surface area contributed by atoms with Crippen LogP contribution in [0, 0.1) is 17.8 Å². The SMILES string of the molecule is C[C@@H]1CC(=O)CC2C1C(=O)CC[C@H]2O. The Morgan fingerprint density at radius 3 is 2.71 bits per heavy atom. The quantitative estimate of drug-likeness (QED) is 0.627. The van der Waals surface area contributed by atoms with E-state index in [-0.39, 0.29) is 29.3 Å². The lowest BCUT2D eigenvalue weighted by Gasteiger charge is -2.40. The van der Waals surface area contributed by atoms with Gasteiger partial charge in [-0.2, -0.15) is 0 Å². The highest BCUT2D eigenvalue weighted by Gasteiger charge is 2.44. The van der Waals surface area contributed by atoms with Crippen LogP contribution < -0.4 is 0 Å². The van der Waals surface area contributed by atoms with Crippen LogP contribution in [0.2, 0.25) is 0 Å². The zero-order valence-electron chi connectivity index (χ0n) is 8.40. The third kappa shape index (κ3) is 1.50. The summed E-state index contributed by atoms with van der Waals surface area (Å²) < 4.78 is 0. The van der Waals surface area contributed by atoms with Crippen LogP contribution in [0.3, 0.4) is 0 Å². The zero-order chi connectivity index (χ0) is 10.3. The number of aliphatic hydroxyl groups is 1. The maximum absolute atomic E-state index is 11.7. The molecular weight excluding hydrogens is 180 g/mol. The fourth-order valence-corrected chi connectivity index (χ4v) is 2.98. The van der Waals surface area contributed by atoms with Gasteiger partial charge in [-0.1, -0.05) is 6.92 Å². The van der Waals surface area contributed by atoms with E-state index >= 15 is 0 Å². The summed E-state index contributed by atoms with van der Waals surface area (Å²) in [6.45, 7) is 1.95. The first kappa shape index (κ1) is 9.84. The Morgan fingerprint density at radius 1 is 1.29 bits per heavy atom. The first-order valence-electron chi connectivity index (χ1n) is 5.32. The van der Waals surface area contributed by atoms with E-state index in [4.69, 9.17) is 0 Å². The van der Waals surface area contributed by atoms with Crippen LogP contribution in [-0.4, -0.2) is 22.8 Å². The number of aliphatic hydroxyl groups excluding tert-OH is 1. The molecule has 2 aliphatic carbocycles. The second kappa shape index (κ2) is 3.46. The fourth-order valence-electron chi connectivity index (χ4n) is 2.98. The smallest absolute Gasteiger partial charge is 0.136 e. The maximum atomic E-state index is 11.7. The number of carbonyl (C=O) groups excluding carboxylic acids is 2. The number of hydrogen-bond acceptors (Lipinski definition) is 3. The molecule has 2 saturated carbocycles. The molecule has 2 rings (SSSR count). The number of fused-ring (bicyclic) bond motifs is 1. The molecule has 78 valence electrons. The van der Waals surface area contributed by atoms with E-state index in [1.54, 1.807) is 0 Å². The normalized spacial score (nSPS) is 43.6. The molecule has 0 aromatic heterocycles. The van der Waals surface area contributed by atoms with Crippen molar-refractivity contribution in [1.82, 2.24) is 0 Å². The van der Waals surface area contributed by atoms with Crippen molar-refractivity contribution in [3.8, 4) is 0 Å². The molecule has 0 aromatic rings. The molecule has 4 atom stereocenters. The Bertz CT molecular complexity index is 272. The molecule has 0 bridgehead atoms. The average molecular weight is 196 g/mol. The van der Waals surface area contributed by atoms with Crippen LogP contribution in [0.1, 0.15) is 32.6 Å². The highest BCUT2D eigenvalue weighted by molar-refractivity contribution is 5.87. The van der Waals surface area contributed by atoms with Crippen LogP contribution in [0.15, 0.2) is 0 Å². The van der Waals surface area contributed by atoms with E-state index in [0.29, 0.717) is 25.7 Å². The third-order valence-corrected chi connectivity index (χ3v) is 3.64. The number of ketones is 2. The highest BCUT2D eigenvalue weighted by Crippen LogP contribution is 2.40. The van der Waals surface area contributed by atoms with Crippen LogP contribution >= 0.6 is 0 Å². The van der Waals surface area contributed by atoms with Gasteiger partial charge in [-0.05, 0) is 12.3 Å². The number of hydrogen-bond donors (Lipinski definition) is 1. The van der Waals surface area contributed by atoms with Crippen molar-refractivity contribution in [3.63, 3.8) is 0 Å². The molecule has 3 nitrogen and oxygen atoms in total. The summed E-state index contributed by atoms with van der Waals surface area (Å²) in [5.74, 6) is 0.431. The van der Waals surface area contributed by atoms with Gasteiger partial charge in [-0.25, -0.2) is 0 Å². The van der Waals surface area contributed by atoms with E-state index in [1.807, 2.05) is 6.92 Å². The third-order valence-electron chi connectivity index (χ3n) is 3.64. The lowest BCUT2D eigenvalue weighted by atomic mass is 9.64. The van der Waals surface area contributed by atoms with Gasteiger partial charge >= 0.3 is 0 Å². The van der Waals surface area contributed by atoms with Crippen molar-refractivity contribution in [2.24, 2.45) is 17.8 Å². The number of rotatable bonds is 0. The van der Waals surface area contributed by atoms with Gasteiger partial charge < -0.3 is 5.11 Å². The summed E-state index contributed by atoms with van der Waals surface area (Å²) in [5, 5.41) is 9.75. The number of Topliss-reactive ketones (excluding diaryl/α,β-unsaturated/α-hetero) is 2. The molecule has 2 aliphatic rings. The van der Waals surface area contributed by atoms with Crippen LogP contribution in [0.5, 0.6) is 0 Å². The number of carbonyl (C=O) groups is 2. The Balaban J connectivity index is 2.22. The minimum atomic E-state index is -0.440. The molecule has 0 radical (unpaired) electrons. The van der Waals surface area contributed by atoms with Gasteiger partial charge in [0, 0.05) is 31.1 Å². The van der Waals surface area contributed by atoms with Gasteiger partial charge in [-0.15, -0.1) is 0 Å². The Kier molecular flexibility index (Phi) is 2.43. The lowest BCUT2D eigenvalue weighted by Crippen LogP contribution is -2.46. The summed E-state index contributed by atoms with van der Waals surface area (Å²) in [6, 6.07) is 0. The van der Waals surface area contributed by atoms with Crippen LogP contribution in [-0.2, 0) is 9.59 Å². The second-order valence-corrected chi connectivity index (χ2v) is 4.69. The molecular formula is C11H16O3. The minimum absolute atomic E-state index is 0.0588. The van der Waals surface area contributed by atoms with Gasteiger partial charge in [-0.3, -0.25) is 9.59 Å². The molecule has 0 aromatic carbocycles. The Labute approximate surface area is 83.5 Å². The first-order valence-corrected chi connectivity index (χ1v) is 5.32. The van der Waals surface area contributed by atoms with Crippen molar-refractivity contribution in [2.75, 3.05) is 0 Å². The summed E-state index contributed by atoms with van der Waals surface area (Å²) in [5.41, 5.74) is 0. The molecule has 0 saturated heterocycles. The standard InChI is InChI=1S/C11H16O3/c1-6-4-7(12)5-8-9(13)2-3-10(14)11(6)8/h6,8-9,11,13H,2-5H2,1H3/t6-,8?,9-,11?/m1/s1. The van der Waals surface area contributed by atoms with Gasteiger partial charge in [0.15, 0.2) is 0 Å². The molecule has 2 fully saturated rings. The van der Waals surface area contributed by atoms with Crippen molar-refractivity contribution in [3.05, 3.63) is 0 Å². The fraction of sp³-hybridized carbons (Fsp3) is 0.818. The molecule has 0 aliphatic heterocycles. The summed E-state index contributed by atoms with van der Waals surface area (Å²) in [4.78, 5) is 23.0. The van der Waals surface area contributed by atoms with Crippen molar-refractivity contribution in [1.29, 1.82) is 0 Å². The van der Waals surface area contributed by atoms with Crippen molar-refractivity contribution >= 4 is 11.6 Å². The summed E-state index contributed by atoms with van der Waals surface area (Å²) in [6.07, 6.45) is 1.51. The van der Waals surface area contributed by atoms with E-state index in [9.17, 15) is 14.7 Å². The van der Waals surface area contributed by atoms with Gasteiger partial charge in [0.05, 0.1) is 6.10 Å². The summed E-state index contributed by atoms with van der Waals surface area (Å²) >= 11 is 0. The monoisotopic (exact) mass is 196 g/mol. The van der Waals surface area contributed by atoms with E-state index in [1.165, 1.54) is 0 Å². The molecule has 3 heteroatoms. The van der Waals surface area contributed by atoms with E-state index in [0.717, 1.165) is 0 Å². The van der Waals surface area contributed by atoms with Crippen LogP contribution in [0.25, 0.3) is 0 Å². The zero-order valence-corrected chi connectivity index (χ0v) is 8.40. The van der Waals surface area contributed by atoms with Gasteiger partial charge in [0.25, 0.3) is 0 Å². The van der Waals surface area contributed by atoms with E-state index < -0.39 is 6.10 Å². The van der Waals surface area contributed by atoms with Crippen LogP contribution in [0.4, 0.5) is 0 Å². The Morgan fingerprint density at radius 2 is 2.00 bits per heavy atom. The molecule has 0 spiro atoms. The topological polar surface area (TPSA) is 54.4 Å². The highest BCUT2D eigenvalue weighted by atomic mass is 16.3. The largest absolute Gasteiger partial charge is 0.393 e. The molecule has 1 N–H and O–H groups in total. The minimum Gasteiger partial charge on any atom is -0.393 e. The molecule has 0 heterocycles. The van der Waals surface area contributed by atoms with Gasteiger partial charge in [0.2, 0.25) is 0 Å². The average Bonchev–Trinajstić information content (AvgIpc) is 2.10. The summed E-state index contributed by atoms with van der Waals surface area (Å²) in [7, 11) is 0. The van der Waals surface area contributed by atoms with Gasteiger partial charge in [0.1, 0.15) is 11.6 Å². The molecule has 0 amide bonds. The predicted molar refractivity (Wildman–Crippen MR) is 50.6 cm³/mol. The van der Waals surface area contributed by atoms with E-state index in [2.05, 4.69) is 0 Å². The second-order valence-electron chi connectivity index (χ2n) is 4.69. The maximum Gasteiger partial charge on any atom is 0.136 e. The first-order chi connectivity index (χ1) is 6.59.